The van der Waals surface area contributed by atoms with Crippen molar-refractivity contribution in [2.45, 2.75) is 54.8 Å². The standard InChI is InChI=1S/C24H33N5O5S2/c1-2-7-16(25)20(31)23(34)29(22(33)17-12-24(14-27-17)35-10-6-11-36-24)13-18(30)28-19(21(26)32)15-8-4-3-5-9-15/h3-5,8-9,16-17,19,27H,2,6-7,10-14,25H2,1H3,(H2,26,32)(H,28,30). The summed E-state index contributed by atoms with van der Waals surface area (Å²) >= 11 is 3.57. The third-order valence-corrected chi connectivity index (χ3v) is 9.50. The molecule has 6 N–H and O–H groups in total. The van der Waals surface area contributed by atoms with Crippen LogP contribution in [0, 0.1) is 0 Å². The average molecular weight is 536 g/mol. The summed E-state index contributed by atoms with van der Waals surface area (Å²) < 4.78 is -0.178. The summed E-state index contributed by atoms with van der Waals surface area (Å²) in [6, 6.07) is 5.41. The molecule has 3 atom stereocenters. The van der Waals surface area contributed by atoms with Gasteiger partial charge in [-0.2, -0.15) is 0 Å². The Kier molecular flexibility index (Phi) is 9.94. The number of ketones is 1. The lowest BCUT2D eigenvalue weighted by atomic mass is 10.1. The lowest BCUT2D eigenvalue weighted by Crippen LogP contribution is -2.55. The van der Waals surface area contributed by atoms with Crippen LogP contribution in [0.2, 0.25) is 0 Å². The Morgan fingerprint density at radius 1 is 1.17 bits per heavy atom. The average Bonchev–Trinajstić information content (AvgIpc) is 3.28. The number of thioether (sulfide) groups is 2. The predicted octanol–water partition coefficient (Wildman–Crippen LogP) is 0.309. The van der Waals surface area contributed by atoms with Gasteiger partial charge in [0.2, 0.25) is 23.5 Å². The molecule has 12 heteroatoms. The van der Waals surface area contributed by atoms with Crippen molar-refractivity contribution in [3.63, 3.8) is 0 Å². The Morgan fingerprint density at radius 3 is 2.44 bits per heavy atom. The zero-order valence-electron chi connectivity index (χ0n) is 20.2. The van der Waals surface area contributed by atoms with Crippen LogP contribution in [0.15, 0.2) is 30.3 Å². The van der Waals surface area contributed by atoms with Gasteiger partial charge in [-0.25, -0.2) is 0 Å². The number of amides is 4. The van der Waals surface area contributed by atoms with Crippen LogP contribution in [0.1, 0.15) is 44.2 Å². The molecule has 10 nitrogen and oxygen atoms in total. The predicted molar refractivity (Wildman–Crippen MR) is 140 cm³/mol. The fraction of sp³-hybridized carbons (Fsp3) is 0.542. The molecule has 0 saturated carbocycles. The molecule has 1 aromatic rings. The van der Waals surface area contributed by atoms with E-state index < -0.39 is 54.1 Å². The molecule has 36 heavy (non-hydrogen) atoms. The Balaban J connectivity index is 1.78. The van der Waals surface area contributed by atoms with E-state index in [1.165, 1.54) is 0 Å². The van der Waals surface area contributed by atoms with Crippen LogP contribution < -0.4 is 22.1 Å². The third-order valence-electron chi connectivity index (χ3n) is 6.13. The van der Waals surface area contributed by atoms with Crippen LogP contribution in [-0.2, 0) is 24.0 Å². The second-order valence-electron chi connectivity index (χ2n) is 8.90. The molecular formula is C24H33N5O5S2. The Morgan fingerprint density at radius 2 is 1.83 bits per heavy atom. The first kappa shape index (κ1) is 28.2. The highest BCUT2D eigenvalue weighted by atomic mass is 32.2. The first-order valence-electron chi connectivity index (χ1n) is 12.0. The van der Waals surface area contributed by atoms with Gasteiger partial charge in [-0.15, -0.1) is 23.5 Å². The van der Waals surface area contributed by atoms with Gasteiger partial charge in [0, 0.05) is 6.54 Å². The highest BCUT2D eigenvalue weighted by Crippen LogP contribution is 2.47. The number of imide groups is 1. The largest absolute Gasteiger partial charge is 0.368 e. The van der Waals surface area contributed by atoms with Crippen molar-refractivity contribution in [1.82, 2.24) is 15.5 Å². The van der Waals surface area contributed by atoms with Crippen LogP contribution >= 0.6 is 23.5 Å². The number of benzene rings is 1. The fourth-order valence-corrected chi connectivity index (χ4v) is 7.51. The first-order valence-corrected chi connectivity index (χ1v) is 13.9. The van der Waals surface area contributed by atoms with Crippen molar-refractivity contribution in [2.75, 3.05) is 24.6 Å². The van der Waals surface area contributed by atoms with E-state index in [9.17, 15) is 24.0 Å². The zero-order chi connectivity index (χ0) is 26.3. The number of rotatable bonds is 10. The maximum absolute atomic E-state index is 13.5. The summed E-state index contributed by atoms with van der Waals surface area (Å²) in [7, 11) is 0. The normalized spacial score (nSPS) is 20.3. The van der Waals surface area contributed by atoms with E-state index in [1.807, 2.05) is 6.92 Å². The lowest BCUT2D eigenvalue weighted by Gasteiger charge is -2.31. The monoisotopic (exact) mass is 535 g/mol. The van der Waals surface area contributed by atoms with Gasteiger partial charge < -0.3 is 22.1 Å². The van der Waals surface area contributed by atoms with Gasteiger partial charge in [-0.1, -0.05) is 43.7 Å². The second-order valence-corrected chi connectivity index (χ2v) is 12.1. The highest BCUT2D eigenvalue weighted by molar-refractivity contribution is 8.18. The Bertz CT molecular complexity index is 986. The number of carbonyl (C=O) groups is 5. The molecular weight excluding hydrogens is 502 g/mol. The van der Waals surface area contributed by atoms with Crippen molar-refractivity contribution in [3.05, 3.63) is 35.9 Å². The molecule has 1 aromatic carbocycles. The second kappa shape index (κ2) is 12.7. The van der Waals surface area contributed by atoms with Crippen molar-refractivity contribution >= 4 is 52.9 Å². The van der Waals surface area contributed by atoms with Gasteiger partial charge in [0.05, 0.1) is 16.2 Å². The maximum Gasteiger partial charge on any atom is 0.298 e. The maximum atomic E-state index is 13.5. The number of primary amides is 1. The molecule has 4 amide bonds. The van der Waals surface area contributed by atoms with Crippen LogP contribution in [-0.4, -0.2) is 75.1 Å². The number of hydrogen-bond acceptors (Lipinski definition) is 9. The third kappa shape index (κ3) is 6.87. The summed E-state index contributed by atoms with van der Waals surface area (Å²) in [5, 5.41) is 5.65. The number of nitrogens with one attached hydrogen (secondary N) is 2. The first-order chi connectivity index (χ1) is 17.2. The van der Waals surface area contributed by atoms with Crippen LogP contribution in [0.5, 0.6) is 0 Å². The molecule has 196 valence electrons. The van der Waals surface area contributed by atoms with Crippen molar-refractivity contribution in [2.24, 2.45) is 11.5 Å². The van der Waals surface area contributed by atoms with Crippen LogP contribution in [0.25, 0.3) is 0 Å². The number of Topliss-reactive ketones (excluding diaryl/α,β-unsaturated/α-hetero) is 1. The quantitative estimate of drug-likeness (QED) is 0.309. The highest BCUT2D eigenvalue weighted by Gasteiger charge is 2.46. The van der Waals surface area contributed by atoms with Gasteiger partial charge in [-0.3, -0.25) is 28.9 Å². The van der Waals surface area contributed by atoms with E-state index in [4.69, 9.17) is 11.5 Å². The number of nitrogens with zero attached hydrogens (tertiary/aromatic N) is 1. The molecule has 1 spiro atoms. The SMILES string of the molecule is CCCC(N)C(=O)C(=O)N(CC(=O)NC(C(N)=O)c1ccccc1)C(=O)C1CC2(CN1)SCCCS2. The van der Waals surface area contributed by atoms with Crippen LogP contribution in [0.3, 0.4) is 0 Å². The molecule has 2 fully saturated rings. The molecule has 0 bridgehead atoms. The van der Waals surface area contributed by atoms with E-state index in [1.54, 1.807) is 53.9 Å². The van der Waals surface area contributed by atoms with E-state index >= 15 is 0 Å². The number of hydrogen-bond donors (Lipinski definition) is 4. The van der Waals surface area contributed by atoms with E-state index in [0.29, 0.717) is 29.8 Å². The molecule has 2 aliphatic heterocycles. The minimum atomic E-state index is -1.16. The Labute approximate surface area is 219 Å². The minimum Gasteiger partial charge on any atom is -0.368 e. The molecule has 2 aliphatic rings. The molecule has 3 unspecified atom stereocenters. The van der Waals surface area contributed by atoms with Crippen molar-refractivity contribution in [3.8, 4) is 0 Å². The molecule has 2 heterocycles. The van der Waals surface area contributed by atoms with Gasteiger partial charge in [-0.05, 0) is 36.3 Å². The lowest BCUT2D eigenvalue weighted by molar-refractivity contribution is -0.154. The number of carbonyl (C=O) groups excluding carboxylic acids is 5. The summed E-state index contributed by atoms with van der Waals surface area (Å²) in [6.07, 6.45) is 2.41. The molecule has 0 aliphatic carbocycles. The van der Waals surface area contributed by atoms with Gasteiger partial charge >= 0.3 is 0 Å². The van der Waals surface area contributed by atoms with E-state index in [0.717, 1.165) is 17.9 Å². The summed E-state index contributed by atoms with van der Waals surface area (Å²) in [4.78, 5) is 64.9. The molecule has 0 radical (unpaired) electrons. The Hall–Kier alpha value is -2.41. The summed E-state index contributed by atoms with van der Waals surface area (Å²) in [5.41, 5.74) is 11.8. The smallest absolute Gasteiger partial charge is 0.298 e. The van der Waals surface area contributed by atoms with E-state index in [2.05, 4.69) is 10.6 Å². The van der Waals surface area contributed by atoms with Crippen molar-refractivity contribution in [1.29, 1.82) is 0 Å². The molecule has 3 rings (SSSR count). The minimum absolute atomic E-state index is 0.178. The van der Waals surface area contributed by atoms with Crippen molar-refractivity contribution < 1.29 is 24.0 Å². The summed E-state index contributed by atoms with van der Waals surface area (Å²) in [6.45, 7) is 1.67. The van der Waals surface area contributed by atoms with Gasteiger partial charge in [0.1, 0.15) is 12.6 Å². The molecule has 0 aromatic heterocycles. The van der Waals surface area contributed by atoms with E-state index in [-0.39, 0.29) is 10.5 Å². The number of nitrogens with two attached hydrogens (primary N) is 2. The fourth-order valence-electron chi connectivity index (χ4n) is 4.23. The zero-order valence-corrected chi connectivity index (χ0v) is 21.9. The van der Waals surface area contributed by atoms with Gasteiger partial charge in [0.15, 0.2) is 0 Å². The molecule has 2 saturated heterocycles. The summed E-state index contributed by atoms with van der Waals surface area (Å²) in [5.74, 6) is -2.34. The van der Waals surface area contributed by atoms with Crippen LogP contribution in [0.4, 0.5) is 0 Å². The topological polar surface area (TPSA) is 165 Å². The van der Waals surface area contributed by atoms with Gasteiger partial charge in [0.25, 0.3) is 5.91 Å².